The highest BCUT2D eigenvalue weighted by Gasteiger charge is 2.34. The predicted molar refractivity (Wildman–Crippen MR) is 88.9 cm³/mol. The Kier molecular flexibility index (Phi) is 4.65. The van der Waals surface area contributed by atoms with E-state index in [2.05, 4.69) is 10.3 Å². The van der Waals surface area contributed by atoms with Crippen LogP contribution in [0.15, 0.2) is 28.7 Å². The van der Waals surface area contributed by atoms with E-state index in [-0.39, 0.29) is 37.2 Å². The summed E-state index contributed by atoms with van der Waals surface area (Å²) < 4.78 is 5.39. The van der Waals surface area contributed by atoms with Crippen molar-refractivity contribution < 1.29 is 18.8 Å². The minimum Gasteiger partial charge on any atom is -0.444 e. The quantitative estimate of drug-likeness (QED) is 0.811. The van der Waals surface area contributed by atoms with Crippen LogP contribution in [0.4, 0.5) is 0 Å². The molecule has 1 aromatic carbocycles. The van der Waals surface area contributed by atoms with Gasteiger partial charge in [0.05, 0.1) is 23.4 Å². The summed E-state index contributed by atoms with van der Waals surface area (Å²) in [4.78, 5) is 41.7. The summed E-state index contributed by atoms with van der Waals surface area (Å²) in [5, 5.41) is 2.76. The zero-order valence-electron chi connectivity index (χ0n) is 14.2. The maximum absolute atomic E-state index is 12.2. The van der Waals surface area contributed by atoms with E-state index >= 15 is 0 Å². The molecule has 1 aliphatic heterocycles. The van der Waals surface area contributed by atoms with Crippen LogP contribution >= 0.6 is 0 Å². The molecule has 2 aromatic rings. The van der Waals surface area contributed by atoms with Crippen molar-refractivity contribution in [3.8, 4) is 0 Å². The first-order valence-electron chi connectivity index (χ1n) is 8.12. The Labute approximate surface area is 145 Å². The molecule has 7 nitrogen and oxygen atoms in total. The molecule has 0 bridgehead atoms. The smallest absolute Gasteiger partial charge is 0.261 e. The van der Waals surface area contributed by atoms with E-state index in [0.29, 0.717) is 29.2 Å². The number of oxazole rings is 1. The summed E-state index contributed by atoms with van der Waals surface area (Å²) in [5.74, 6) is 0.436. The van der Waals surface area contributed by atoms with Gasteiger partial charge in [0, 0.05) is 19.9 Å². The van der Waals surface area contributed by atoms with Crippen molar-refractivity contribution in [3.63, 3.8) is 0 Å². The number of aryl methyl sites for hydroxylation is 2. The lowest BCUT2D eigenvalue weighted by atomic mass is 10.1. The van der Waals surface area contributed by atoms with Crippen LogP contribution in [-0.2, 0) is 11.3 Å². The fourth-order valence-corrected chi connectivity index (χ4v) is 2.84. The van der Waals surface area contributed by atoms with Crippen LogP contribution in [0.5, 0.6) is 0 Å². The highest BCUT2D eigenvalue weighted by molar-refractivity contribution is 6.21. The van der Waals surface area contributed by atoms with Gasteiger partial charge in [0.1, 0.15) is 5.76 Å². The van der Waals surface area contributed by atoms with Crippen molar-refractivity contribution >= 4 is 17.7 Å². The first kappa shape index (κ1) is 16.9. The molecule has 0 aliphatic carbocycles. The molecule has 0 spiro atoms. The highest BCUT2D eigenvalue weighted by atomic mass is 16.4. The lowest BCUT2D eigenvalue weighted by Gasteiger charge is -2.13. The van der Waals surface area contributed by atoms with Gasteiger partial charge >= 0.3 is 0 Å². The zero-order valence-corrected chi connectivity index (χ0v) is 14.2. The SMILES string of the molecule is Cc1nc(C)c(CNC(=O)CCCN2C(=O)c3ccccc3C2=O)o1. The molecule has 0 unspecified atom stereocenters. The molecule has 0 saturated heterocycles. The Hall–Kier alpha value is -2.96. The molecule has 0 radical (unpaired) electrons. The number of rotatable bonds is 6. The van der Waals surface area contributed by atoms with Gasteiger partial charge in [-0.05, 0) is 25.5 Å². The van der Waals surface area contributed by atoms with Crippen molar-refractivity contribution in [3.05, 3.63) is 52.7 Å². The van der Waals surface area contributed by atoms with E-state index in [1.807, 2.05) is 6.92 Å². The van der Waals surface area contributed by atoms with Gasteiger partial charge in [-0.3, -0.25) is 19.3 Å². The van der Waals surface area contributed by atoms with Crippen LogP contribution < -0.4 is 5.32 Å². The van der Waals surface area contributed by atoms with Crippen molar-refractivity contribution in [1.82, 2.24) is 15.2 Å². The van der Waals surface area contributed by atoms with Crippen LogP contribution in [0.1, 0.15) is 50.9 Å². The Morgan fingerprint density at radius 2 is 1.80 bits per heavy atom. The second kappa shape index (κ2) is 6.88. The molecule has 25 heavy (non-hydrogen) atoms. The zero-order chi connectivity index (χ0) is 18.0. The third-order valence-electron chi connectivity index (χ3n) is 4.11. The number of benzene rings is 1. The molecule has 3 amide bonds. The van der Waals surface area contributed by atoms with Crippen LogP contribution in [0.3, 0.4) is 0 Å². The standard InChI is InChI=1S/C18H19N3O4/c1-11-15(25-12(2)20-11)10-19-16(22)8-5-9-21-17(23)13-6-3-4-7-14(13)18(21)24/h3-4,6-7H,5,8-10H2,1-2H3,(H,19,22). The van der Waals surface area contributed by atoms with Gasteiger partial charge in [-0.15, -0.1) is 0 Å². The molecular formula is C18H19N3O4. The Morgan fingerprint density at radius 1 is 1.16 bits per heavy atom. The number of carbonyl (C=O) groups excluding carboxylic acids is 3. The van der Waals surface area contributed by atoms with Crippen LogP contribution in [0, 0.1) is 13.8 Å². The number of amides is 3. The number of hydrogen-bond acceptors (Lipinski definition) is 5. The molecule has 1 aliphatic rings. The summed E-state index contributed by atoms with van der Waals surface area (Å²) in [6, 6.07) is 6.75. The lowest BCUT2D eigenvalue weighted by molar-refractivity contribution is -0.121. The first-order chi connectivity index (χ1) is 12.0. The molecule has 1 aromatic heterocycles. The minimum absolute atomic E-state index is 0.162. The number of imide groups is 1. The van der Waals surface area contributed by atoms with E-state index < -0.39 is 0 Å². The summed E-state index contributed by atoms with van der Waals surface area (Å²) in [5.41, 5.74) is 1.60. The molecule has 0 atom stereocenters. The van der Waals surface area contributed by atoms with E-state index in [1.165, 1.54) is 4.90 Å². The average Bonchev–Trinajstić information content (AvgIpc) is 3.04. The number of nitrogens with one attached hydrogen (secondary N) is 1. The first-order valence-corrected chi connectivity index (χ1v) is 8.12. The Morgan fingerprint density at radius 3 is 2.36 bits per heavy atom. The number of nitrogens with zero attached hydrogens (tertiary/aromatic N) is 2. The topological polar surface area (TPSA) is 92.5 Å². The summed E-state index contributed by atoms with van der Waals surface area (Å²) >= 11 is 0. The number of fused-ring (bicyclic) bond motifs is 1. The van der Waals surface area contributed by atoms with Gasteiger partial charge in [-0.25, -0.2) is 4.98 Å². The van der Waals surface area contributed by atoms with Gasteiger partial charge in [0.2, 0.25) is 5.91 Å². The van der Waals surface area contributed by atoms with Gasteiger partial charge in [0.15, 0.2) is 5.89 Å². The van der Waals surface area contributed by atoms with E-state index in [4.69, 9.17) is 4.42 Å². The van der Waals surface area contributed by atoms with Gasteiger partial charge < -0.3 is 9.73 Å². The maximum Gasteiger partial charge on any atom is 0.261 e. The Bertz CT molecular complexity index is 806. The second-order valence-corrected chi connectivity index (χ2v) is 5.93. The fourth-order valence-electron chi connectivity index (χ4n) is 2.84. The number of aromatic nitrogens is 1. The van der Waals surface area contributed by atoms with Crippen LogP contribution in [0.25, 0.3) is 0 Å². The second-order valence-electron chi connectivity index (χ2n) is 5.93. The van der Waals surface area contributed by atoms with E-state index in [9.17, 15) is 14.4 Å². The van der Waals surface area contributed by atoms with E-state index in [0.717, 1.165) is 5.69 Å². The third kappa shape index (κ3) is 3.45. The molecule has 0 fully saturated rings. The van der Waals surface area contributed by atoms with Crippen molar-refractivity contribution in [2.24, 2.45) is 0 Å². The van der Waals surface area contributed by atoms with Crippen LogP contribution in [-0.4, -0.2) is 34.2 Å². The molecule has 7 heteroatoms. The number of carbonyl (C=O) groups is 3. The third-order valence-corrected chi connectivity index (χ3v) is 4.11. The molecule has 1 N–H and O–H groups in total. The predicted octanol–water partition coefficient (Wildman–Crippen LogP) is 1.98. The molecule has 130 valence electrons. The molecule has 2 heterocycles. The van der Waals surface area contributed by atoms with Gasteiger partial charge in [0.25, 0.3) is 11.8 Å². The highest BCUT2D eigenvalue weighted by Crippen LogP contribution is 2.22. The molecule has 0 saturated carbocycles. The average molecular weight is 341 g/mol. The monoisotopic (exact) mass is 341 g/mol. The van der Waals surface area contributed by atoms with Crippen molar-refractivity contribution in [2.75, 3.05) is 6.54 Å². The van der Waals surface area contributed by atoms with Crippen molar-refractivity contribution in [1.29, 1.82) is 0 Å². The fraction of sp³-hybridized carbons (Fsp3) is 0.333. The minimum atomic E-state index is -0.297. The van der Waals surface area contributed by atoms with Crippen molar-refractivity contribution in [2.45, 2.75) is 33.2 Å². The lowest BCUT2D eigenvalue weighted by Crippen LogP contribution is -2.32. The molecule has 3 rings (SSSR count). The van der Waals surface area contributed by atoms with Gasteiger partial charge in [-0.1, -0.05) is 12.1 Å². The molecular weight excluding hydrogens is 322 g/mol. The summed E-state index contributed by atoms with van der Waals surface area (Å²) in [6.07, 6.45) is 0.630. The van der Waals surface area contributed by atoms with Gasteiger partial charge in [-0.2, -0.15) is 0 Å². The number of hydrogen-bond donors (Lipinski definition) is 1. The van der Waals surface area contributed by atoms with E-state index in [1.54, 1.807) is 31.2 Å². The largest absolute Gasteiger partial charge is 0.444 e. The van der Waals surface area contributed by atoms with Crippen LogP contribution in [0.2, 0.25) is 0 Å². The summed E-state index contributed by atoms with van der Waals surface area (Å²) in [6.45, 7) is 4.07. The summed E-state index contributed by atoms with van der Waals surface area (Å²) in [7, 11) is 0. The maximum atomic E-state index is 12.2. The normalized spacial score (nSPS) is 13.3. The Balaban J connectivity index is 1.47.